The fourth-order valence-electron chi connectivity index (χ4n) is 7.04. The zero-order chi connectivity index (χ0) is 38.1. The van der Waals surface area contributed by atoms with Crippen molar-refractivity contribution in [2.45, 2.75) is 243 Å². The highest BCUT2D eigenvalue weighted by molar-refractivity contribution is 5.76. The lowest BCUT2D eigenvalue weighted by Crippen LogP contribution is -2.60. The molecular formula is C43H83NO8. The van der Waals surface area contributed by atoms with Gasteiger partial charge in [0.25, 0.3) is 0 Å². The van der Waals surface area contributed by atoms with Crippen LogP contribution in [0.25, 0.3) is 0 Å². The van der Waals surface area contributed by atoms with Crippen LogP contribution in [0.4, 0.5) is 0 Å². The van der Waals surface area contributed by atoms with Crippen molar-refractivity contribution < 1.29 is 39.8 Å². The fraction of sp³-hybridized carbons (Fsp3) is 0.930. The quantitative estimate of drug-likeness (QED) is 0.0277. The molecule has 0 radical (unpaired) electrons. The SMILES string of the molecule is CCCCCCCCCCCCCC/C=C/[C@@H](O)[C@H](CO[C@@H]1O[C@H](CO)[C@@H](O)C(O)C1O)NC(=O)CCCCCCCCCCCCCCCCC. The molecule has 9 heteroatoms. The highest BCUT2D eigenvalue weighted by Crippen LogP contribution is 2.22. The molecule has 0 spiro atoms. The van der Waals surface area contributed by atoms with E-state index in [1.807, 2.05) is 6.08 Å². The van der Waals surface area contributed by atoms with Crippen LogP contribution in [0.1, 0.15) is 200 Å². The van der Waals surface area contributed by atoms with Gasteiger partial charge >= 0.3 is 0 Å². The van der Waals surface area contributed by atoms with Crippen LogP contribution >= 0.6 is 0 Å². The lowest BCUT2D eigenvalue weighted by molar-refractivity contribution is -0.302. The first kappa shape index (κ1) is 48.9. The zero-order valence-corrected chi connectivity index (χ0v) is 33.6. The summed E-state index contributed by atoms with van der Waals surface area (Å²) in [6.45, 7) is 3.77. The molecule has 9 nitrogen and oxygen atoms in total. The summed E-state index contributed by atoms with van der Waals surface area (Å²) >= 11 is 0. The molecule has 0 aliphatic carbocycles. The highest BCUT2D eigenvalue weighted by atomic mass is 16.7. The average Bonchev–Trinajstić information content (AvgIpc) is 3.14. The molecule has 1 aliphatic rings. The second-order valence-corrected chi connectivity index (χ2v) is 15.5. The summed E-state index contributed by atoms with van der Waals surface area (Å²) in [7, 11) is 0. The number of unbranched alkanes of at least 4 members (excludes halogenated alkanes) is 26. The first-order valence-corrected chi connectivity index (χ1v) is 21.9. The van der Waals surface area contributed by atoms with Crippen molar-refractivity contribution in [3.8, 4) is 0 Å². The van der Waals surface area contributed by atoms with E-state index in [1.54, 1.807) is 6.08 Å². The van der Waals surface area contributed by atoms with Gasteiger partial charge in [-0.05, 0) is 19.3 Å². The summed E-state index contributed by atoms with van der Waals surface area (Å²) in [5.41, 5.74) is 0. The summed E-state index contributed by atoms with van der Waals surface area (Å²) < 4.78 is 11.2. The van der Waals surface area contributed by atoms with Crippen LogP contribution in [-0.2, 0) is 14.3 Å². The Morgan fingerprint density at radius 1 is 0.635 bits per heavy atom. The van der Waals surface area contributed by atoms with Crippen LogP contribution < -0.4 is 5.32 Å². The van der Waals surface area contributed by atoms with Crippen molar-refractivity contribution in [2.24, 2.45) is 0 Å². The van der Waals surface area contributed by atoms with Gasteiger partial charge in [-0.25, -0.2) is 0 Å². The molecule has 0 aromatic rings. The van der Waals surface area contributed by atoms with Crippen LogP contribution in [0, 0.1) is 0 Å². The number of aliphatic hydroxyl groups is 5. The number of ether oxygens (including phenoxy) is 2. The number of carbonyl (C=O) groups is 1. The van der Waals surface area contributed by atoms with E-state index in [0.717, 1.165) is 38.5 Å². The molecule has 1 saturated heterocycles. The maximum Gasteiger partial charge on any atom is 0.220 e. The molecule has 1 fully saturated rings. The Morgan fingerprint density at radius 2 is 1.06 bits per heavy atom. The number of hydrogen-bond acceptors (Lipinski definition) is 8. The molecule has 0 bridgehead atoms. The van der Waals surface area contributed by atoms with Crippen molar-refractivity contribution >= 4 is 5.91 Å². The van der Waals surface area contributed by atoms with Gasteiger partial charge in [-0.2, -0.15) is 0 Å². The van der Waals surface area contributed by atoms with Gasteiger partial charge in [-0.1, -0.05) is 187 Å². The fourth-order valence-corrected chi connectivity index (χ4v) is 7.04. The van der Waals surface area contributed by atoms with Gasteiger partial charge in [-0.15, -0.1) is 0 Å². The van der Waals surface area contributed by atoms with E-state index < -0.39 is 49.5 Å². The van der Waals surface area contributed by atoms with E-state index in [0.29, 0.717) is 6.42 Å². The van der Waals surface area contributed by atoms with Gasteiger partial charge in [0.2, 0.25) is 5.91 Å². The topological polar surface area (TPSA) is 149 Å². The molecular weight excluding hydrogens is 658 g/mol. The molecule has 2 unspecified atom stereocenters. The predicted molar refractivity (Wildman–Crippen MR) is 212 cm³/mol. The summed E-state index contributed by atoms with van der Waals surface area (Å²) in [5, 5.41) is 54.1. The lowest BCUT2D eigenvalue weighted by Gasteiger charge is -2.40. The Kier molecular flexibility index (Phi) is 32.4. The van der Waals surface area contributed by atoms with E-state index >= 15 is 0 Å². The van der Waals surface area contributed by atoms with Crippen molar-refractivity contribution in [3.63, 3.8) is 0 Å². The van der Waals surface area contributed by atoms with Crippen LogP contribution in [0.15, 0.2) is 12.2 Å². The minimum absolute atomic E-state index is 0.175. The largest absolute Gasteiger partial charge is 0.394 e. The second kappa shape index (κ2) is 34.4. The summed E-state index contributed by atoms with van der Waals surface area (Å²) in [6.07, 6.45) is 31.0. The first-order valence-electron chi connectivity index (χ1n) is 21.9. The Bertz CT molecular complexity index is 827. The van der Waals surface area contributed by atoms with Gasteiger partial charge < -0.3 is 40.3 Å². The molecule has 7 atom stereocenters. The lowest BCUT2D eigenvalue weighted by atomic mass is 9.99. The van der Waals surface area contributed by atoms with Gasteiger partial charge in [-0.3, -0.25) is 4.79 Å². The van der Waals surface area contributed by atoms with E-state index in [-0.39, 0.29) is 12.5 Å². The standard InChI is InChI=1S/C43H83NO8/c1-3-5-7-9-11-13-15-17-19-21-23-25-27-29-31-33-39(47)44-36(35-51-43-42(50)41(49)40(48)38(34-45)52-43)37(46)32-30-28-26-24-22-20-18-16-14-12-10-8-6-4-2/h30,32,36-38,40-43,45-46,48-50H,3-29,31,33-35H2,1-2H3,(H,44,47)/b32-30+/t36-,37+,38+,40+,41?,42?,43+/m0/s1. The van der Waals surface area contributed by atoms with Crippen LogP contribution in [0.2, 0.25) is 0 Å². The normalized spacial score (nSPS) is 21.9. The molecule has 1 rings (SSSR count). The van der Waals surface area contributed by atoms with Crippen molar-refractivity contribution in [1.29, 1.82) is 0 Å². The van der Waals surface area contributed by atoms with Crippen molar-refractivity contribution in [2.75, 3.05) is 13.2 Å². The number of hydrogen-bond donors (Lipinski definition) is 6. The minimum Gasteiger partial charge on any atom is -0.394 e. The van der Waals surface area contributed by atoms with E-state index in [4.69, 9.17) is 9.47 Å². The van der Waals surface area contributed by atoms with E-state index in [9.17, 15) is 30.3 Å². The summed E-state index contributed by atoms with van der Waals surface area (Å²) in [5.74, 6) is -0.175. The summed E-state index contributed by atoms with van der Waals surface area (Å²) in [6, 6.07) is -0.797. The van der Waals surface area contributed by atoms with Gasteiger partial charge in [0.1, 0.15) is 24.4 Å². The third-order valence-electron chi connectivity index (χ3n) is 10.6. The van der Waals surface area contributed by atoms with Crippen molar-refractivity contribution in [3.05, 3.63) is 12.2 Å². The Morgan fingerprint density at radius 3 is 1.50 bits per heavy atom. The summed E-state index contributed by atoms with van der Waals surface area (Å²) in [4.78, 5) is 12.9. The van der Waals surface area contributed by atoms with Gasteiger partial charge in [0.05, 0.1) is 25.4 Å². The Hall–Kier alpha value is -1.07. The highest BCUT2D eigenvalue weighted by Gasteiger charge is 2.44. The van der Waals surface area contributed by atoms with E-state index in [1.165, 1.54) is 141 Å². The Labute approximate surface area is 318 Å². The molecule has 0 aromatic carbocycles. The first-order chi connectivity index (χ1) is 25.3. The van der Waals surface area contributed by atoms with Crippen molar-refractivity contribution in [1.82, 2.24) is 5.32 Å². The molecule has 1 heterocycles. The molecule has 0 saturated carbocycles. The van der Waals surface area contributed by atoms with Gasteiger partial charge in [0, 0.05) is 6.42 Å². The Balaban J connectivity index is 2.38. The molecule has 6 N–H and O–H groups in total. The van der Waals surface area contributed by atoms with Crippen LogP contribution in [-0.4, -0.2) is 87.5 Å². The predicted octanol–water partition coefficient (Wildman–Crippen LogP) is 8.56. The number of nitrogens with one attached hydrogen (secondary N) is 1. The third-order valence-corrected chi connectivity index (χ3v) is 10.6. The minimum atomic E-state index is -1.56. The van der Waals surface area contributed by atoms with Crippen LogP contribution in [0.3, 0.4) is 0 Å². The number of carbonyl (C=O) groups excluding carboxylic acids is 1. The number of rotatable bonds is 36. The smallest absolute Gasteiger partial charge is 0.220 e. The number of aliphatic hydroxyl groups excluding tert-OH is 5. The number of amides is 1. The average molecular weight is 742 g/mol. The van der Waals surface area contributed by atoms with Crippen LogP contribution in [0.5, 0.6) is 0 Å². The van der Waals surface area contributed by atoms with Gasteiger partial charge in [0.15, 0.2) is 6.29 Å². The second-order valence-electron chi connectivity index (χ2n) is 15.5. The molecule has 1 aliphatic heterocycles. The van der Waals surface area contributed by atoms with E-state index in [2.05, 4.69) is 19.2 Å². The molecule has 308 valence electrons. The maximum absolute atomic E-state index is 12.9. The third kappa shape index (κ3) is 25.1. The zero-order valence-electron chi connectivity index (χ0n) is 33.6. The molecule has 1 amide bonds. The number of allylic oxidation sites excluding steroid dienone is 1. The molecule has 0 aromatic heterocycles. The monoisotopic (exact) mass is 742 g/mol. The molecule has 52 heavy (non-hydrogen) atoms. The maximum atomic E-state index is 12.9.